The molecule has 3 rings (SSSR count). The Bertz CT molecular complexity index is 780. The van der Waals surface area contributed by atoms with E-state index in [1.165, 1.54) is 5.39 Å². The van der Waals surface area contributed by atoms with E-state index in [1.807, 2.05) is 24.3 Å². The Balaban J connectivity index is 1.80. The lowest BCUT2D eigenvalue weighted by Gasteiger charge is -2.00. The Kier molecular flexibility index (Phi) is 3.64. The summed E-state index contributed by atoms with van der Waals surface area (Å²) in [6.45, 7) is 2.02. The molecule has 0 unspecified atom stereocenters. The number of hydrogen-bond donors (Lipinski definition) is 0. The van der Waals surface area contributed by atoms with Crippen LogP contribution < -0.4 is 0 Å². The summed E-state index contributed by atoms with van der Waals surface area (Å²) in [6.07, 6.45) is 0.483. The molecule has 0 aliphatic carbocycles. The van der Waals surface area contributed by atoms with Gasteiger partial charge in [0.25, 0.3) is 5.82 Å². The molecule has 2 aromatic carbocycles. The summed E-state index contributed by atoms with van der Waals surface area (Å²) < 4.78 is 9.91. The summed E-state index contributed by atoms with van der Waals surface area (Å²) >= 11 is 0. The van der Waals surface area contributed by atoms with Crippen LogP contribution in [-0.2, 0) is 11.2 Å². The average Bonchev–Trinajstić information content (AvgIpc) is 2.96. The number of esters is 1. The first-order chi connectivity index (χ1) is 10.3. The molecule has 1 aromatic heterocycles. The highest BCUT2D eigenvalue weighted by atomic mass is 16.5. The van der Waals surface area contributed by atoms with Gasteiger partial charge in [0.1, 0.15) is 0 Å². The molecule has 21 heavy (non-hydrogen) atoms. The average molecular weight is 282 g/mol. The Morgan fingerprint density at radius 1 is 1.19 bits per heavy atom. The van der Waals surface area contributed by atoms with E-state index in [0.29, 0.717) is 12.3 Å². The fourth-order valence-electron chi connectivity index (χ4n) is 2.13. The fourth-order valence-corrected chi connectivity index (χ4v) is 2.13. The summed E-state index contributed by atoms with van der Waals surface area (Å²) in [7, 11) is 0. The molecule has 0 N–H and O–H groups in total. The predicted octanol–water partition coefficient (Wildman–Crippen LogP) is 2.99. The second-order valence-electron chi connectivity index (χ2n) is 4.59. The molecule has 5 nitrogen and oxygen atoms in total. The maximum atomic E-state index is 11.5. The lowest BCUT2D eigenvalue weighted by Crippen LogP contribution is -2.06. The molecule has 1 heterocycles. The molecule has 0 saturated heterocycles. The van der Waals surface area contributed by atoms with Gasteiger partial charge in [0, 0.05) is 0 Å². The molecule has 0 bridgehead atoms. The Morgan fingerprint density at radius 2 is 2.00 bits per heavy atom. The van der Waals surface area contributed by atoms with E-state index in [4.69, 9.17) is 9.26 Å². The first kappa shape index (κ1) is 13.3. The van der Waals surface area contributed by atoms with Crippen LogP contribution >= 0.6 is 0 Å². The van der Waals surface area contributed by atoms with Gasteiger partial charge in [-0.3, -0.25) is 0 Å². The number of hydrogen-bond acceptors (Lipinski definition) is 5. The number of aromatic nitrogens is 2. The summed E-state index contributed by atoms with van der Waals surface area (Å²) in [5.41, 5.74) is 1.05. The van der Waals surface area contributed by atoms with Gasteiger partial charge in [0.2, 0.25) is 5.89 Å². The van der Waals surface area contributed by atoms with Crippen LogP contribution in [0.15, 0.2) is 47.0 Å². The Labute approximate surface area is 121 Å². The fraction of sp³-hybridized carbons (Fsp3) is 0.188. The van der Waals surface area contributed by atoms with E-state index in [2.05, 4.69) is 28.3 Å². The lowest BCUT2D eigenvalue weighted by molar-refractivity contribution is 0.0508. The zero-order valence-corrected chi connectivity index (χ0v) is 11.6. The van der Waals surface area contributed by atoms with Crippen molar-refractivity contribution in [1.82, 2.24) is 10.1 Å². The normalized spacial score (nSPS) is 10.7. The molecular formula is C16H14N2O3. The topological polar surface area (TPSA) is 65.2 Å². The molecule has 0 atom stereocenters. The van der Waals surface area contributed by atoms with Gasteiger partial charge in [-0.2, -0.15) is 4.98 Å². The number of rotatable bonds is 4. The molecular weight excluding hydrogens is 268 g/mol. The van der Waals surface area contributed by atoms with E-state index < -0.39 is 5.97 Å². The quantitative estimate of drug-likeness (QED) is 0.688. The van der Waals surface area contributed by atoms with Gasteiger partial charge in [-0.15, -0.1) is 0 Å². The maximum absolute atomic E-state index is 11.5. The van der Waals surface area contributed by atoms with Crippen LogP contribution in [0.25, 0.3) is 10.8 Å². The highest BCUT2D eigenvalue weighted by Gasteiger charge is 2.15. The van der Waals surface area contributed by atoms with Gasteiger partial charge < -0.3 is 9.26 Å². The molecule has 0 amide bonds. The van der Waals surface area contributed by atoms with Gasteiger partial charge >= 0.3 is 5.97 Å². The molecule has 0 aliphatic heterocycles. The Hall–Kier alpha value is -2.69. The number of carbonyl (C=O) groups is 1. The number of ether oxygens (including phenoxy) is 1. The van der Waals surface area contributed by atoms with E-state index in [9.17, 15) is 4.79 Å². The molecule has 0 radical (unpaired) electrons. The smallest absolute Gasteiger partial charge is 0.379 e. The van der Waals surface area contributed by atoms with Crippen molar-refractivity contribution in [3.8, 4) is 0 Å². The second-order valence-corrected chi connectivity index (χ2v) is 4.59. The number of nitrogens with zero attached hydrogens (tertiary/aromatic N) is 2. The van der Waals surface area contributed by atoms with Gasteiger partial charge in [-0.1, -0.05) is 42.5 Å². The van der Waals surface area contributed by atoms with Gasteiger partial charge in [0.05, 0.1) is 13.0 Å². The minimum Gasteiger partial charge on any atom is -0.460 e. The van der Waals surface area contributed by atoms with Crippen molar-refractivity contribution in [3.63, 3.8) is 0 Å². The molecule has 5 heteroatoms. The third-order valence-electron chi connectivity index (χ3n) is 3.10. The molecule has 0 aliphatic rings. The summed E-state index contributed by atoms with van der Waals surface area (Å²) in [6, 6.07) is 14.2. The van der Waals surface area contributed by atoms with E-state index in [1.54, 1.807) is 6.92 Å². The van der Waals surface area contributed by atoms with Crippen LogP contribution in [0.3, 0.4) is 0 Å². The molecule has 106 valence electrons. The number of fused-ring (bicyclic) bond motifs is 1. The largest absolute Gasteiger partial charge is 0.460 e. The van der Waals surface area contributed by atoms with Crippen molar-refractivity contribution in [3.05, 3.63) is 59.7 Å². The third-order valence-corrected chi connectivity index (χ3v) is 3.10. The molecule has 0 saturated carbocycles. The molecule has 0 spiro atoms. The number of benzene rings is 2. The van der Waals surface area contributed by atoms with Crippen LogP contribution in [0.5, 0.6) is 0 Å². The maximum Gasteiger partial charge on any atom is 0.379 e. The molecule has 3 aromatic rings. The minimum absolute atomic E-state index is 0.0346. The zero-order valence-electron chi connectivity index (χ0n) is 11.6. The SMILES string of the molecule is CCOC(=O)c1noc(Cc2ccc3ccccc3c2)n1. The van der Waals surface area contributed by atoms with Crippen molar-refractivity contribution in [2.24, 2.45) is 0 Å². The summed E-state index contributed by atoms with van der Waals surface area (Å²) in [5.74, 6) is -0.202. The first-order valence-electron chi connectivity index (χ1n) is 6.73. The first-order valence-corrected chi connectivity index (χ1v) is 6.73. The monoisotopic (exact) mass is 282 g/mol. The van der Waals surface area contributed by atoms with Crippen molar-refractivity contribution in [2.75, 3.05) is 6.61 Å². The van der Waals surface area contributed by atoms with Gasteiger partial charge in [-0.25, -0.2) is 4.79 Å². The highest BCUT2D eigenvalue weighted by Crippen LogP contribution is 2.17. The van der Waals surface area contributed by atoms with Crippen LogP contribution in [0, 0.1) is 0 Å². The van der Waals surface area contributed by atoms with Gasteiger partial charge in [-0.05, 0) is 28.4 Å². The molecule has 0 fully saturated rings. The van der Waals surface area contributed by atoms with Gasteiger partial charge in [0.15, 0.2) is 0 Å². The predicted molar refractivity (Wildman–Crippen MR) is 77.0 cm³/mol. The number of carbonyl (C=O) groups excluding carboxylic acids is 1. The van der Waals surface area contributed by atoms with E-state index >= 15 is 0 Å². The summed E-state index contributed by atoms with van der Waals surface area (Å²) in [5, 5.41) is 5.97. The summed E-state index contributed by atoms with van der Waals surface area (Å²) in [4.78, 5) is 15.5. The zero-order chi connectivity index (χ0) is 14.7. The standard InChI is InChI=1S/C16H14N2O3/c1-2-20-16(19)15-17-14(21-18-15)10-11-7-8-12-5-3-4-6-13(12)9-11/h3-9H,2,10H2,1H3. The van der Waals surface area contributed by atoms with Crippen molar-refractivity contribution >= 4 is 16.7 Å². The Morgan fingerprint density at radius 3 is 2.81 bits per heavy atom. The van der Waals surface area contributed by atoms with Crippen LogP contribution in [0.4, 0.5) is 0 Å². The minimum atomic E-state index is -0.564. The van der Waals surface area contributed by atoms with Crippen LogP contribution in [0.2, 0.25) is 0 Å². The van der Waals surface area contributed by atoms with Crippen LogP contribution in [-0.4, -0.2) is 22.7 Å². The second kappa shape index (κ2) is 5.75. The highest BCUT2D eigenvalue weighted by molar-refractivity contribution is 5.85. The third kappa shape index (κ3) is 2.91. The van der Waals surface area contributed by atoms with Crippen LogP contribution in [0.1, 0.15) is 29.0 Å². The van der Waals surface area contributed by atoms with Crippen molar-refractivity contribution in [1.29, 1.82) is 0 Å². The van der Waals surface area contributed by atoms with Crippen molar-refractivity contribution < 1.29 is 14.1 Å². The lowest BCUT2D eigenvalue weighted by atomic mass is 10.1. The van der Waals surface area contributed by atoms with E-state index in [0.717, 1.165) is 10.9 Å². The van der Waals surface area contributed by atoms with Crippen molar-refractivity contribution in [2.45, 2.75) is 13.3 Å². The van der Waals surface area contributed by atoms with E-state index in [-0.39, 0.29) is 12.4 Å².